The topological polar surface area (TPSA) is 86.7 Å². The molecule has 31 heavy (non-hydrogen) atoms. The number of aromatic nitrogens is 3. The van der Waals surface area contributed by atoms with Crippen molar-refractivity contribution in [2.45, 2.75) is 39.6 Å². The van der Waals surface area contributed by atoms with Crippen molar-refractivity contribution in [1.29, 1.82) is 0 Å². The van der Waals surface area contributed by atoms with Gasteiger partial charge in [-0.3, -0.25) is 10.00 Å². The van der Waals surface area contributed by atoms with E-state index in [1.54, 1.807) is 8.61 Å². The van der Waals surface area contributed by atoms with Crippen molar-refractivity contribution in [3.05, 3.63) is 34.6 Å². The molecule has 0 aliphatic carbocycles. The van der Waals surface area contributed by atoms with Crippen LogP contribution in [-0.2, 0) is 21.6 Å². The van der Waals surface area contributed by atoms with Gasteiger partial charge in [-0.2, -0.15) is 22.0 Å². The van der Waals surface area contributed by atoms with Crippen molar-refractivity contribution < 1.29 is 13.2 Å². The van der Waals surface area contributed by atoms with Gasteiger partial charge in [-0.15, -0.1) is 0 Å². The summed E-state index contributed by atoms with van der Waals surface area (Å²) in [5.41, 5.74) is 2.18. The normalized spacial score (nSPS) is 24.5. The largest absolute Gasteiger partial charge is 0.373 e. The smallest absolute Gasteiger partial charge is 0.282 e. The molecule has 3 heterocycles. The molecule has 170 valence electrons. The summed E-state index contributed by atoms with van der Waals surface area (Å²) in [5.74, 6) is 0.738. The Balaban J connectivity index is 1.37. The average molecular weight is 467 g/mol. The van der Waals surface area contributed by atoms with Crippen LogP contribution in [0.15, 0.2) is 24.3 Å². The van der Waals surface area contributed by atoms with Crippen molar-refractivity contribution in [3.8, 4) is 11.4 Å². The summed E-state index contributed by atoms with van der Waals surface area (Å²) in [7, 11) is -3.48. The molecule has 2 aliphatic rings. The molecule has 1 N–H and O–H groups in total. The minimum atomic E-state index is -3.48. The van der Waals surface area contributed by atoms with Gasteiger partial charge in [0.05, 0.1) is 18.9 Å². The Morgan fingerprint density at radius 1 is 1.06 bits per heavy atom. The highest BCUT2D eigenvalue weighted by Crippen LogP contribution is 2.20. The molecule has 0 radical (unpaired) electrons. The van der Waals surface area contributed by atoms with Crippen molar-refractivity contribution in [2.24, 2.45) is 0 Å². The number of hydrogen-bond acceptors (Lipinski definition) is 6. The van der Waals surface area contributed by atoms with E-state index >= 15 is 0 Å². The molecule has 0 spiro atoms. The number of H-pyrrole nitrogens is 1. The molecule has 2 unspecified atom stereocenters. The molecule has 1 aromatic carbocycles. The van der Waals surface area contributed by atoms with Crippen LogP contribution in [0.1, 0.15) is 19.4 Å². The standard InChI is InChI=1S/C20H30N6O3S2/c1-15-4-6-18(7-5-15)19-21-20(30)26(22-19)14-23-8-10-24(11-9-23)31(27,28)25-12-16(2)29-17(3)13-25/h4-7,16-17H,8-14H2,1-3H3,(H,21,22,30). The SMILES string of the molecule is Cc1ccc(-c2nc(=S)n(CN3CCN(S(=O)(=O)N4CC(C)OC(C)C4)CC3)[nH]2)cc1. The second-order valence-electron chi connectivity index (χ2n) is 8.39. The van der Waals surface area contributed by atoms with Crippen LogP contribution in [0.3, 0.4) is 0 Å². The molecule has 2 aliphatic heterocycles. The van der Waals surface area contributed by atoms with Crippen LogP contribution in [0.4, 0.5) is 0 Å². The molecular formula is C20H30N6O3S2. The molecule has 2 aromatic rings. The Morgan fingerprint density at radius 2 is 1.68 bits per heavy atom. The molecule has 0 saturated carbocycles. The average Bonchev–Trinajstić information content (AvgIpc) is 3.08. The highest BCUT2D eigenvalue weighted by atomic mass is 32.2. The fourth-order valence-electron chi connectivity index (χ4n) is 4.08. The minimum absolute atomic E-state index is 0.0928. The third-order valence-corrected chi connectivity index (χ3v) is 8.00. The van der Waals surface area contributed by atoms with Crippen LogP contribution in [0.5, 0.6) is 0 Å². The maximum atomic E-state index is 13.1. The zero-order valence-corrected chi connectivity index (χ0v) is 19.8. The molecule has 2 fully saturated rings. The monoisotopic (exact) mass is 466 g/mol. The Bertz CT molecular complexity index is 1050. The van der Waals surface area contributed by atoms with Crippen LogP contribution < -0.4 is 0 Å². The quantitative estimate of drug-likeness (QED) is 0.677. The highest BCUT2D eigenvalue weighted by molar-refractivity contribution is 7.86. The second-order valence-corrected chi connectivity index (χ2v) is 10.7. The van der Waals surface area contributed by atoms with Gasteiger partial charge < -0.3 is 4.74 Å². The fourth-order valence-corrected chi connectivity index (χ4v) is 6.02. The summed E-state index contributed by atoms with van der Waals surface area (Å²) in [6.45, 7) is 9.40. The molecule has 9 nitrogen and oxygen atoms in total. The third kappa shape index (κ3) is 5.07. The zero-order chi connectivity index (χ0) is 22.2. The second kappa shape index (κ2) is 9.08. The van der Waals surface area contributed by atoms with E-state index in [0.717, 1.165) is 11.4 Å². The zero-order valence-electron chi connectivity index (χ0n) is 18.2. The van der Waals surface area contributed by atoms with E-state index in [-0.39, 0.29) is 12.2 Å². The minimum Gasteiger partial charge on any atom is -0.373 e. The van der Waals surface area contributed by atoms with E-state index in [1.165, 1.54) is 5.56 Å². The first-order valence-corrected chi connectivity index (χ1v) is 12.4. The van der Waals surface area contributed by atoms with E-state index in [0.29, 0.717) is 50.7 Å². The predicted octanol–water partition coefficient (Wildman–Crippen LogP) is 1.85. The molecule has 11 heteroatoms. The Kier molecular flexibility index (Phi) is 6.61. The number of morpholine rings is 1. The van der Waals surface area contributed by atoms with Gasteiger partial charge in [0.2, 0.25) is 4.77 Å². The molecule has 2 atom stereocenters. The predicted molar refractivity (Wildman–Crippen MR) is 121 cm³/mol. The lowest BCUT2D eigenvalue weighted by Gasteiger charge is -2.40. The van der Waals surface area contributed by atoms with Gasteiger partial charge in [0.1, 0.15) is 0 Å². The lowest BCUT2D eigenvalue weighted by Crippen LogP contribution is -2.57. The Morgan fingerprint density at radius 3 is 2.29 bits per heavy atom. The number of aromatic amines is 1. The number of piperazine rings is 1. The number of nitrogens with zero attached hydrogens (tertiary/aromatic N) is 5. The van der Waals surface area contributed by atoms with E-state index in [4.69, 9.17) is 17.0 Å². The van der Waals surface area contributed by atoms with E-state index < -0.39 is 10.2 Å². The van der Waals surface area contributed by atoms with Gasteiger partial charge in [0.15, 0.2) is 5.82 Å². The van der Waals surface area contributed by atoms with E-state index in [1.807, 2.05) is 49.7 Å². The lowest BCUT2D eigenvalue weighted by atomic mass is 10.1. The summed E-state index contributed by atoms with van der Waals surface area (Å²) in [5, 5.41) is 3.27. The molecule has 0 amide bonds. The number of nitrogens with one attached hydrogen (secondary N) is 1. The molecule has 2 saturated heterocycles. The Labute approximate surface area is 188 Å². The van der Waals surface area contributed by atoms with Crippen LogP contribution in [0.25, 0.3) is 11.4 Å². The van der Waals surface area contributed by atoms with Gasteiger partial charge in [-0.05, 0) is 33.0 Å². The number of ether oxygens (including phenoxy) is 1. The van der Waals surface area contributed by atoms with Crippen LogP contribution in [0.2, 0.25) is 0 Å². The maximum absolute atomic E-state index is 13.1. The van der Waals surface area contributed by atoms with Crippen LogP contribution in [-0.4, -0.2) is 88.2 Å². The van der Waals surface area contributed by atoms with Crippen LogP contribution in [0, 0.1) is 11.7 Å². The number of hydrogen-bond donors (Lipinski definition) is 1. The van der Waals surface area contributed by atoms with Gasteiger partial charge in [0.25, 0.3) is 10.2 Å². The summed E-state index contributed by atoms with van der Waals surface area (Å²) in [4.78, 5) is 6.66. The van der Waals surface area contributed by atoms with Gasteiger partial charge >= 0.3 is 0 Å². The summed E-state index contributed by atoms with van der Waals surface area (Å²) in [6, 6.07) is 8.12. The van der Waals surface area contributed by atoms with Gasteiger partial charge in [0, 0.05) is 44.8 Å². The lowest BCUT2D eigenvalue weighted by molar-refractivity contribution is -0.0458. The summed E-state index contributed by atoms with van der Waals surface area (Å²) in [6.07, 6.45) is -0.186. The van der Waals surface area contributed by atoms with Crippen LogP contribution >= 0.6 is 12.2 Å². The first kappa shape index (κ1) is 22.6. The van der Waals surface area contributed by atoms with E-state index in [9.17, 15) is 8.42 Å². The molecule has 4 rings (SSSR count). The van der Waals surface area contributed by atoms with E-state index in [2.05, 4.69) is 15.0 Å². The first-order chi connectivity index (χ1) is 14.7. The molecule has 1 aromatic heterocycles. The third-order valence-electron chi connectivity index (χ3n) is 5.72. The number of rotatable bonds is 5. The number of benzene rings is 1. The van der Waals surface area contributed by atoms with Gasteiger partial charge in [-0.25, -0.2) is 4.68 Å². The maximum Gasteiger partial charge on any atom is 0.282 e. The fraction of sp³-hybridized carbons (Fsp3) is 0.600. The van der Waals surface area contributed by atoms with Crippen molar-refractivity contribution in [3.63, 3.8) is 0 Å². The Hall–Kier alpha value is -1.63. The summed E-state index contributed by atoms with van der Waals surface area (Å²) >= 11 is 5.43. The number of aryl methyl sites for hydroxylation is 1. The van der Waals surface area contributed by atoms with Crippen molar-refractivity contribution in [2.75, 3.05) is 39.3 Å². The van der Waals surface area contributed by atoms with Crippen molar-refractivity contribution in [1.82, 2.24) is 28.3 Å². The van der Waals surface area contributed by atoms with Gasteiger partial charge in [-0.1, -0.05) is 29.8 Å². The first-order valence-electron chi connectivity index (χ1n) is 10.6. The molecule has 0 bridgehead atoms. The molecular weight excluding hydrogens is 436 g/mol. The highest BCUT2D eigenvalue weighted by Gasteiger charge is 2.36. The van der Waals surface area contributed by atoms with Crippen molar-refractivity contribution >= 4 is 22.4 Å². The summed E-state index contributed by atoms with van der Waals surface area (Å²) < 4.78 is 37.3.